The summed E-state index contributed by atoms with van der Waals surface area (Å²) in [6.45, 7) is 1.86. The molecule has 1 N–H and O–H groups in total. The van der Waals surface area contributed by atoms with E-state index in [4.69, 9.17) is 0 Å². The van der Waals surface area contributed by atoms with E-state index in [1.807, 2.05) is 103 Å². The quantitative estimate of drug-likeness (QED) is 0.396. The van der Waals surface area contributed by atoms with E-state index in [0.717, 1.165) is 17.1 Å². The maximum Gasteiger partial charge on any atom is 0.223 e. The molecule has 4 aromatic rings. The fourth-order valence-corrected chi connectivity index (χ4v) is 2.96. The van der Waals surface area contributed by atoms with Gasteiger partial charge in [-0.1, -0.05) is 54.6 Å². The lowest BCUT2D eigenvalue weighted by atomic mass is 10.2. The van der Waals surface area contributed by atoms with Crippen LogP contribution in [0.5, 0.6) is 5.88 Å². The lowest BCUT2D eigenvalue weighted by Crippen LogP contribution is -2.09. The summed E-state index contributed by atoms with van der Waals surface area (Å²) in [7, 11) is 0. The van der Waals surface area contributed by atoms with Gasteiger partial charge in [0, 0.05) is 0 Å². The van der Waals surface area contributed by atoms with Gasteiger partial charge in [0.1, 0.15) is 0 Å². The van der Waals surface area contributed by atoms with Crippen molar-refractivity contribution in [2.45, 2.75) is 6.92 Å². The number of aromatic hydroxyl groups is 1. The second-order valence-electron chi connectivity index (χ2n) is 6.30. The molecule has 1 heterocycles. The first kappa shape index (κ1) is 17.5. The molecule has 0 amide bonds. The van der Waals surface area contributed by atoms with E-state index in [1.165, 1.54) is 4.68 Å². The smallest absolute Gasteiger partial charge is 0.223 e. The van der Waals surface area contributed by atoms with Crippen LogP contribution in [-0.2, 0) is 0 Å². The summed E-state index contributed by atoms with van der Waals surface area (Å²) in [6, 6.07) is 29.3. The van der Waals surface area contributed by atoms with E-state index in [9.17, 15) is 5.11 Å². The number of hydrogen-bond acceptors (Lipinski definition) is 4. The minimum absolute atomic E-state index is 0.0634. The molecule has 0 saturated heterocycles. The Balaban J connectivity index is 1.73. The summed E-state index contributed by atoms with van der Waals surface area (Å²) in [5.41, 5.74) is 3.94. The molecule has 138 valence electrons. The number of nitrogens with zero attached hydrogens (tertiary/aromatic N) is 4. The fourth-order valence-electron chi connectivity index (χ4n) is 2.96. The molecular weight excluding hydrogens is 348 g/mol. The number of anilines is 2. The van der Waals surface area contributed by atoms with Crippen molar-refractivity contribution in [1.29, 1.82) is 0 Å². The van der Waals surface area contributed by atoms with Crippen LogP contribution >= 0.6 is 0 Å². The Kier molecular flexibility index (Phi) is 4.89. The van der Waals surface area contributed by atoms with Crippen LogP contribution in [0.15, 0.2) is 96.1 Å². The number of benzene rings is 3. The monoisotopic (exact) mass is 368 g/mol. The van der Waals surface area contributed by atoms with Gasteiger partial charge in [-0.2, -0.15) is 10.2 Å². The SMILES string of the molecule is Cc1nn(-c2ccccc2)c(O)c1C=NN(c1ccccc1)c1ccccc1. The zero-order chi connectivity index (χ0) is 19.3. The van der Waals surface area contributed by atoms with Crippen LogP contribution in [-0.4, -0.2) is 21.1 Å². The Morgan fingerprint density at radius 2 is 1.32 bits per heavy atom. The molecule has 1 aromatic heterocycles. The van der Waals surface area contributed by atoms with Gasteiger partial charge in [0.15, 0.2) is 0 Å². The van der Waals surface area contributed by atoms with Crippen LogP contribution in [0.1, 0.15) is 11.3 Å². The van der Waals surface area contributed by atoms with Crippen LogP contribution < -0.4 is 5.01 Å². The second kappa shape index (κ2) is 7.80. The van der Waals surface area contributed by atoms with E-state index >= 15 is 0 Å². The number of rotatable bonds is 5. The number of para-hydroxylation sites is 3. The van der Waals surface area contributed by atoms with Gasteiger partial charge in [-0.3, -0.25) is 0 Å². The first-order valence-corrected chi connectivity index (χ1v) is 9.02. The molecule has 28 heavy (non-hydrogen) atoms. The lowest BCUT2D eigenvalue weighted by molar-refractivity contribution is 0.433. The number of aryl methyl sites for hydroxylation is 1. The van der Waals surface area contributed by atoms with Crippen LogP contribution in [0.2, 0.25) is 0 Å². The van der Waals surface area contributed by atoms with Gasteiger partial charge in [0.05, 0.1) is 34.5 Å². The number of hydrazone groups is 1. The predicted molar refractivity (Wildman–Crippen MR) is 113 cm³/mol. The molecule has 5 heteroatoms. The standard InChI is InChI=1S/C23H20N4O/c1-18-22(23(28)27(25-18)21-15-9-4-10-16-21)17-24-26(19-11-5-2-6-12-19)20-13-7-3-8-14-20/h2-17,28H,1H3. The van der Waals surface area contributed by atoms with Crippen molar-refractivity contribution in [3.63, 3.8) is 0 Å². The van der Waals surface area contributed by atoms with Gasteiger partial charge in [0.25, 0.3) is 0 Å². The third-order valence-corrected chi connectivity index (χ3v) is 4.39. The third kappa shape index (κ3) is 3.50. The summed E-state index contributed by atoms with van der Waals surface area (Å²) < 4.78 is 1.52. The normalized spacial score (nSPS) is 11.0. The van der Waals surface area contributed by atoms with Crippen molar-refractivity contribution < 1.29 is 5.11 Å². The van der Waals surface area contributed by atoms with Gasteiger partial charge in [-0.05, 0) is 43.3 Å². The van der Waals surface area contributed by atoms with Crippen LogP contribution in [0.25, 0.3) is 5.69 Å². The highest BCUT2D eigenvalue weighted by molar-refractivity contribution is 5.86. The van der Waals surface area contributed by atoms with E-state index in [2.05, 4.69) is 10.2 Å². The molecule has 0 aliphatic carbocycles. The van der Waals surface area contributed by atoms with Gasteiger partial charge in [-0.25, -0.2) is 9.69 Å². The lowest BCUT2D eigenvalue weighted by Gasteiger charge is -2.19. The van der Waals surface area contributed by atoms with E-state index < -0.39 is 0 Å². The molecular formula is C23H20N4O. The predicted octanol–water partition coefficient (Wildman–Crippen LogP) is 5.06. The molecule has 0 aliphatic heterocycles. The highest BCUT2D eigenvalue weighted by Crippen LogP contribution is 2.27. The first-order chi connectivity index (χ1) is 13.7. The summed E-state index contributed by atoms with van der Waals surface area (Å²) in [6.07, 6.45) is 1.65. The second-order valence-corrected chi connectivity index (χ2v) is 6.30. The Morgan fingerprint density at radius 3 is 1.86 bits per heavy atom. The Hall–Kier alpha value is -3.86. The first-order valence-electron chi connectivity index (χ1n) is 9.02. The van der Waals surface area contributed by atoms with Crippen LogP contribution in [0.4, 0.5) is 11.4 Å². The molecule has 0 fully saturated rings. The van der Waals surface area contributed by atoms with Gasteiger partial charge >= 0.3 is 0 Å². The molecule has 0 atom stereocenters. The average molecular weight is 368 g/mol. The van der Waals surface area contributed by atoms with Crippen molar-refractivity contribution in [2.24, 2.45) is 5.10 Å². The van der Waals surface area contributed by atoms with Crippen LogP contribution in [0, 0.1) is 6.92 Å². The third-order valence-electron chi connectivity index (χ3n) is 4.39. The molecule has 0 unspecified atom stereocenters. The minimum atomic E-state index is 0.0634. The maximum absolute atomic E-state index is 10.7. The highest BCUT2D eigenvalue weighted by Gasteiger charge is 2.15. The van der Waals surface area contributed by atoms with Gasteiger partial charge < -0.3 is 5.11 Å². The summed E-state index contributed by atoms with van der Waals surface area (Å²) in [5, 5.41) is 21.7. The molecule has 3 aromatic carbocycles. The van der Waals surface area contributed by atoms with Crippen molar-refractivity contribution in [1.82, 2.24) is 9.78 Å². The zero-order valence-corrected chi connectivity index (χ0v) is 15.5. The fraction of sp³-hybridized carbons (Fsp3) is 0.0435. The molecule has 4 rings (SSSR count). The summed E-state index contributed by atoms with van der Waals surface area (Å²) >= 11 is 0. The van der Waals surface area contributed by atoms with Crippen molar-refractivity contribution in [2.75, 3.05) is 5.01 Å². The highest BCUT2D eigenvalue weighted by atomic mass is 16.3. The van der Waals surface area contributed by atoms with E-state index in [-0.39, 0.29) is 5.88 Å². The molecule has 0 bridgehead atoms. The largest absolute Gasteiger partial charge is 0.493 e. The van der Waals surface area contributed by atoms with Gasteiger partial charge in [-0.15, -0.1) is 0 Å². The molecule has 0 radical (unpaired) electrons. The van der Waals surface area contributed by atoms with E-state index in [1.54, 1.807) is 6.21 Å². The van der Waals surface area contributed by atoms with Crippen LogP contribution in [0.3, 0.4) is 0 Å². The zero-order valence-electron chi connectivity index (χ0n) is 15.5. The molecule has 0 saturated carbocycles. The van der Waals surface area contributed by atoms with Crippen molar-refractivity contribution >= 4 is 17.6 Å². The number of aromatic nitrogens is 2. The van der Waals surface area contributed by atoms with Crippen molar-refractivity contribution in [3.8, 4) is 11.6 Å². The summed E-state index contributed by atoms with van der Waals surface area (Å²) in [5.74, 6) is 0.0634. The molecule has 0 spiro atoms. The Bertz CT molecular complexity index is 1030. The molecule has 0 aliphatic rings. The minimum Gasteiger partial charge on any atom is -0.493 e. The van der Waals surface area contributed by atoms with Gasteiger partial charge in [0.2, 0.25) is 5.88 Å². The summed E-state index contributed by atoms with van der Waals surface area (Å²) in [4.78, 5) is 0. The van der Waals surface area contributed by atoms with E-state index in [0.29, 0.717) is 11.3 Å². The number of hydrogen-bond donors (Lipinski definition) is 1. The topological polar surface area (TPSA) is 53.6 Å². The maximum atomic E-state index is 10.7. The average Bonchev–Trinajstić information content (AvgIpc) is 3.04. The van der Waals surface area contributed by atoms with Crippen molar-refractivity contribution in [3.05, 3.63) is 102 Å². The molecule has 5 nitrogen and oxygen atoms in total. The Morgan fingerprint density at radius 1 is 0.821 bits per heavy atom. The Labute approximate surface area is 163 Å².